The lowest BCUT2D eigenvalue weighted by Gasteiger charge is -2.38. The van der Waals surface area contributed by atoms with E-state index >= 15 is 0 Å². The molecular weight excluding hydrogens is 255 g/mol. The first-order chi connectivity index (χ1) is 8.95. The maximum atomic E-state index is 13.2. The molecule has 1 aromatic rings. The van der Waals surface area contributed by atoms with Gasteiger partial charge in [0.05, 0.1) is 17.7 Å². The Morgan fingerprint density at radius 3 is 2.58 bits per heavy atom. The standard InChI is InChI=1S/C13H20F3N3/c1-17-12(11-7-8-18-19(11)2)9-5-3-4-6-10(9)13(14,15)16/h7-10,12,17H,3-6H2,1-2H3. The van der Waals surface area contributed by atoms with Gasteiger partial charge in [0.15, 0.2) is 0 Å². The number of nitrogens with zero attached hydrogens (tertiary/aromatic N) is 2. The molecule has 1 N–H and O–H groups in total. The van der Waals surface area contributed by atoms with Crippen molar-refractivity contribution >= 4 is 0 Å². The molecule has 2 rings (SSSR count). The van der Waals surface area contributed by atoms with Crippen LogP contribution in [0, 0.1) is 11.8 Å². The van der Waals surface area contributed by atoms with Crippen molar-refractivity contribution in [3.8, 4) is 0 Å². The normalized spacial score (nSPS) is 26.4. The van der Waals surface area contributed by atoms with Crippen LogP contribution in [0.1, 0.15) is 37.4 Å². The van der Waals surface area contributed by atoms with Gasteiger partial charge in [-0.3, -0.25) is 4.68 Å². The zero-order valence-electron chi connectivity index (χ0n) is 11.2. The molecule has 0 radical (unpaired) electrons. The fourth-order valence-electron chi connectivity index (χ4n) is 3.24. The molecule has 3 nitrogen and oxygen atoms in total. The summed E-state index contributed by atoms with van der Waals surface area (Å²) in [6.07, 6.45) is -0.0925. The van der Waals surface area contributed by atoms with Gasteiger partial charge >= 0.3 is 6.18 Å². The predicted molar refractivity (Wildman–Crippen MR) is 66.5 cm³/mol. The lowest BCUT2D eigenvalue weighted by molar-refractivity contribution is -0.199. The molecule has 1 fully saturated rings. The number of hydrogen-bond acceptors (Lipinski definition) is 2. The van der Waals surface area contributed by atoms with Crippen LogP contribution in [0.3, 0.4) is 0 Å². The second-order valence-corrected chi connectivity index (χ2v) is 5.24. The Morgan fingerprint density at radius 1 is 1.37 bits per heavy atom. The molecule has 19 heavy (non-hydrogen) atoms. The predicted octanol–water partition coefficient (Wildman–Crippen LogP) is 3.05. The summed E-state index contributed by atoms with van der Waals surface area (Å²) in [5.74, 6) is -1.62. The van der Waals surface area contributed by atoms with Gasteiger partial charge in [-0.05, 0) is 31.9 Å². The molecule has 0 spiro atoms. The minimum atomic E-state index is -4.11. The zero-order valence-corrected chi connectivity index (χ0v) is 11.2. The molecule has 3 unspecified atom stereocenters. The third-order valence-corrected chi connectivity index (χ3v) is 4.16. The number of halogens is 3. The molecule has 1 aromatic heterocycles. The molecular formula is C13H20F3N3. The number of rotatable bonds is 3. The van der Waals surface area contributed by atoms with Crippen LogP contribution in [-0.2, 0) is 7.05 Å². The van der Waals surface area contributed by atoms with Gasteiger partial charge in [0.25, 0.3) is 0 Å². The van der Waals surface area contributed by atoms with E-state index in [4.69, 9.17) is 0 Å². The van der Waals surface area contributed by atoms with E-state index in [1.165, 1.54) is 0 Å². The number of nitrogens with one attached hydrogen (secondary N) is 1. The highest BCUT2D eigenvalue weighted by atomic mass is 19.4. The maximum Gasteiger partial charge on any atom is 0.392 e. The van der Waals surface area contributed by atoms with E-state index in [1.54, 1.807) is 31.0 Å². The Labute approximate surface area is 111 Å². The second kappa shape index (κ2) is 5.53. The molecule has 0 aromatic carbocycles. The first-order valence-electron chi connectivity index (χ1n) is 6.67. The fraction of sp³-hybridized carbons (Fsp3) is 0.769. The monoisotopic (exact) mass is 275 g/mol. The van der Waals surface area contributed by atoms with Gasteiger partial charge in [-0.2, -0.15) is 18.3 Å². The average molecular weight is 275 g/mol. The smallest absolute Gasteiger partial charge is 0.311 e. The van der Waals surface area contributed by atoms with Crippen LogP contribution in [0.5, 0.6) is 0 Å². The SMILES string of the molecule is CNC(c1ccnn1C)C1CCCCC1C(F)(F)F. The number of alkyl halides is 3. The van der Waals surface area contributed by atoms with Crippen LogP contribution in [0.25, 0.3) is 0 Å². The third kappa shape index (κ3) is 2.94. The van der Waals surface area contributed by atoms with Gasteiger partial charge in [-0.15, -0.1) is 0 Å². The van der Waals surface area contributed by atoms with E-state index in [1.807, 2.05) is 0 Å². The zero-order chi connectivity index (χ0) is 14.0. The first-order valence-corrected chi connectivity index (χ1v) is 6.67. The lowest BCUT2D eigenvalue weighted by atomic mass is 9.74. The minimum absolute atomic E-state index is 0.240. The van der Waals surface area contributed by atoms with Crippen LogP contribution >= 0.6 is 0 Å². The van der Waals surface area contributed by atoms with Gasteiger partial charge in [-0.1, -0.05) is 12.8 Å². The van der Waals surface area contributed by atoms with Gasteiger partial charge in [0.2, 0.25) is 0 Å². The molecule has 0 bridgehead atoms. The Balaban J connectivity index is 2.27. The summed E-state index contributed by atoms with van der Waals surface area (Å²) < 4.78 is 41.2. The first kappa shape index (κ1) is 14.4. The fourth-order valence-corrected chi connectivity index (χ4v) is 3.24. The lowest BCUT2D eigenvalue weighted by Crippen LogP contribution is -2.40. The van der Waals surface area contributed by atoms with E-state index in [9.17, 15) is 13.2 Å². The van der Waals surface area contributed by atoms with Crippen LogP contribution < -0.4 is 5.32 Å². The van der Waals surface area contributed by atoms with Crippen molar-refractivity contribution in [3.05, 3.63) is 18.0 Å². The number of aryl methyl sites for hydroxylation is 1. The summed E-state index contributed by atoms with van der Waals surface area (Å²) >= 11 is 0. The number of aromatic nitrogens is 2. The molecule has 0 saturated heterocycles. The molecule has 1 saturated carbocycles. The highest BCUT2D eigenvalue weighted by Crippen LogP contribution is 2.46. The summed E-state index contributed by atoms with van der Waals surface area (Å²) in [6, 6.07) is 1.50. The molecule has 1 heterocycles. The van der Waals surface area contributed by atoms with Crippen LogP contribution in [0.4, 0.5) is 13.2 Å². The molecule has 0 aliphatic heterocycles. The Bertz CT molecular complexity index is 414. The van der Waals surface area contributed by atoms with Gasteiger partial charge in [-0.25, -0.2) is 0 Å². The minimum Gasteiger partial charge on any atom is -0.311 e. The van der Waals surface area contributed by atoms with Crippen LogP contribution in [-0.4, -0.2) is 23.0 Å². The van der Waals surface area contributed by atoms with E-state index < -0.39 is 18.0 Å². The van der Waals surface area contributed by atoms with Crippen molar-refractivity contribution in [3.63, 3.8) is 0 Å². The topological polar surface area (TPSA) is 29.9 Å². The van der Waals surface area contributed by atoms with E-state index in [2.05, 4.69) is 10.4 Å². The summed E-state index contributed by atoms with van der Waals surface area (Å²) in [6.45, 7) is 0. The largest absolute Gasteiger partial charge is 0.392 e. The van der Waals surface area contributed by atoms with E-state index in [0.29, 0.717) is 12.8 Å². The second-order valence-electron chi connectivity index (χ2n) is 5.24. The molecule has 0 amide bonds. The van der Waals surface area contributed by atoms with E-state index in [-0.39, 0.29) is 12.5 Å². The quantitative estimate of drug-likeness (QED) is 0.919. The van der Waals surface area contributed by atoms with Crippen LogP contribution in [0.2, 0.25) is 0 Å². The summed E-state index contributed by atoms with van der Waals surface area (Å²) in [5, 5.41) is 7.12. The van der Waals surface area contributed by atoms with Crippen molar-refractivity contribution in [2.24, 2.45) is 18.9 Å². The third-order valence-electron chi connectivity index (χ3n) is 4.16. The van der Waals surface area contributed by atoms with E-state index in [0.717, 1.165) is 12.1 Å². The molecule has 1 aliphatic rings. The van der Waals surface area contributed by atoms with Crippen molar-refractivity contribution in [2.45, 2.75) is 37.9 Å². The van der Waals surface area contributed by atoms with Crippen molar-refractivity contribution in [2.75, 3.05) is 7.05 Å². The maximum absolute atomic E-state index is 13.2. The molecule has 1 aliphatic carbocycles. The Kier molecular flexibility index (Phi) is 4.18. The summed E-state index contributed by atoms with van der Waals surface area (Å²) in [4.78, 5) is 0. The molecule has 108 valence electrons. The van der Waals surface area contributed by atoms with Crippen LogP contribution in [0.15, 0.2) is 12.3 Å². The van der Waals surface area contributed by atoms with Gasteiger partial charge in [0, 0.05) is 13.2 Å². The highest BCUT2D eigenvalue weighted by molar-refractivity contribution is 5.09. The molecule has 3 atom stereocenters. The van der Waals surface area contributed by atoms with Gasteiger partial charge in [0.1, 0.15) is 0 Å². The summed E-state index contributed by atoms with van der Waals surface area (Å²) in [5.41, 5.74) is 0.823. The van der Waals surface area contributed by atoms with Crippen molar-refractivity contribution in [1.29, 1.82) is 0 Å². The van der Waals surface area contributed by atoms with Crippen molar-refractivity contribution in [1.82, 2.24) is 15.1 Å². The Morgan fingerprint density at radius 2 is 2.05 bits per heavy atom. The summed E-state index contributed by atoms with van der Waals surface area (Å²) in [7, 11) is 3.49. The van der Waals surface area contributed by atoms with Crippen molar-refractivity contribution < 1.29 is 13.2 Å². The highest BCUT2D eigenvalue weighted by Gasteiger charge is 2.48. The Hall–Kier alpha value is -1.04. The molecule has 6 heteroatoms. The van der Waals surface area contributed by atoms with Gasteiger partial charge < -0.3 is 5.32 Å². The average Bonchev–Trinajstić information content (AvgIpc) is 2.76. The number of hydrogen-bond donors (Lipinski definition) is 1.